The van der Waals surface area contributed by atoms with Crippen molar-refractivity contribution in [3.8, 4) is 0 Å². The van der Waals surface area contributed by atoms with Gasteiger partial charge in [-0.2, -0.15) is 0 Å². The smallest absolute Gasteiger partial charge is 0.0669 e. The standard InChI is InChI=1S/C13H23N3O/c1-4-17-10-9-16(3)13(11(2)14)12-7-5-6-8-15-12/h5-8,11,13H,4,9-10,14H2,1-3H3. The predicted molar refractivity (Wildman–Crippen MR) is 69.8 cm³/mol. The molecule has 96 valence electrons. The summed E-state index contributed by atoms with van der Waals surface area (Å²) < 4.78 is 5.37. The monoisotopic (exact) mass is 237 g/mol. The Kier molecular flexibility index (Phi) is 6.11. The molecular weight excluding hydrogens is 214 g/mol. The molecule has 2 unspecified atom stereocenters. The van der Waals surface area contributed by atoms with E-state index >= 15 is 0 Å². The van der Waals surface area contributed by atoms with Gasteiger partial charge in [-0.1, -0.05) is 6.07 Å². The van der Waals surface area contributed by atoms with Gasteiger partial charge in [-0.3, -0.25) is 9.88 Å². The summed E-state index contributed by atoms with van der Waals surface area (Å²) in [6, 6.07) is 6.11. The first kappa shape index (κ1) is 14.1. The lowest BCUT2D eigenvalue weighted by atomic mass is 10.1. The fraction of sp³-hybridized carbons (Fsp3) is 0.615. The zero-order valence-electron chi connectivity index (χ0n) is 11.0. The normalized spacial score (nSPS) is 14.9. The molecule has 1 heterocycles. The Morgan fingerprint density at radius 3 is 2.76 bits per heavy atom. The van der Waals surface area contributed by atoms with E-state index in [4.69, 9.17) is 10.5 Å². The molecule has 0 amide bonds. The van der Waals surface area contributed by atoms with E-state index < -0.39 is 0 Å². The van der Waals surface area contributed by atoms with Gasteiger partial charge in [-0.25, -0.2) is 0 Å². The molecule has 0 aliphatic carbocycles. The lowest BCUT2D eigenvalue weighted by Crippen LogP contribution is -2.39. The van der Waals surface area contributed by atoms with Gasteiger partial charge in [0.15, 0.2) is 0 Å². The van der Waals surface area contributed by atoms with Gasteiger partial charge in [0.25, 0.3) is 0 Å². The number of aromatic nitrogens is 1. The maximum Gasteiger partial charge on any atom is 0.0669 e. The third-order valence-corrected chi connectivity index (χ3v) is 2.76. The highest BCUT2D eigenvalue weighted by Crippen LogP contribution is 2.19. The molecule has 0 aromatic carbocycles. The second-order valence-corrected chi connectivity index (χ2v) is 4.24. The van der Waals surface area contributed by atoms with Crippen LogP contribution in [0.15, 0.2) is 24.4 Å². The average Bonchev–Trinajstić information content (AvgIpc) is 2.30. The Bertz CT molecular complexity index is 303. The highest BCUT2D eigenvalue weighted by molar-refractivity contribution is 5.10. The van der Waals surface area contributed by atoms with Crippen molar-refractivity contribution in [3.05, 3.63) is 30.1 Å². The lowest BCUT2D eigenvalue weighted by molar-refractivity contribution is 0.101. The van der Waals surface area contributed by atoms with Crippen molar-refractivity contribution in [2.24, 2.45) is 5.73 Å². The molecule has 1 aromatic heterocycles. The van der Waals surface area contributed by atoms with Crippen molar-refractivity contribution < 1.29 is 4.74 Å². The van der Waals surface area contributed by atoms with Crippen molar-refractivity contribution in [1.82, 2.24) is 9.88 Å². The zero-order valence-corrected chi connectivity index (χ0v) is 11.0. The zero-order chi connectivity index (χ0) is 12.7. The Labute approximate surface area is 104 Å². The molecule has 2 N–H and O–H groups in total. The fourth-order valence-electron chi connectivity index (χ4n) is 1.94. The maximum absolute atomic E-state index is 6.05. The largest absolute Gasteiger partial charge is 0.380 e. The molecule has 4 heteroatoms. The van der Waals surface area contributed by atoms with Gasteiger partial charge >= 0.3 is 0 Å². The summed E-state index contributed by atoms with van der Waals surface area (Å²) in [6.07, 6.45) is 1.81. The summed E-state index contributed by atoms with van der Waals surface area (Å²) in [6.45, 7) is 6.35. The Hall–Kier alpha value is -0.970. The van der Waals surface area contributed by atoms with Crippen LogP contribution in [0.3, 0.4) is 0 Å². The number of pyridine rings is 1. The first-order valence-corrected chi connectivity index (χ1v) is 6.11. The molecule has 0 radical (unpaired) electrons. The number of likely N-dealkylation sites (N-methyl/N-ethyl adjacent to an activating group) is 1. The van der Waals surface area contributed by atoms with Crippen molar-refractivity contribution in [2.45, 2.75) is 25.9 Å². The number of hydrogen-bond donors (Lipinski definition) is 1. The third-order valence-electron chi connectivity index (χ3n) is 2.76. The summed E-state index contributed by atoms with van der Waals surface area (Å²) in [5.74, 6) is 0. The number of nitrogens with zero attached hydrogens (tertiary/aromatic N) is 2. The molecule has 1 rings (SSSR count). The molecule has 1 aromatic rings. The highest BCUT2D eigenvalue weighted by Gasteiger charge is 2.21. The van der Waals surface area contributed by atoms with E-state index in [9.17, 15) is 0 Å². The van der Waals surface area contributed by atoms with E-state index in [1.807, 2.05) is 32.0 Å². The number of hydrogen-bond acceptors (Lipinski definition) is 4. The van der Waals surface area contributed by atoms with Crippen molar-refractivity contribution in [3.63, 3.8) is 0 Å². The molecule has 0 aliphatic rings. The number of nitrogens with two attached hydrogens (primary N) is 1. The minimum absolute atomic E-state index is 0.0385. The summed E-state index contributed by atoms with van der Waals surface area (Å²) in [4.78, 5) is 6.58. The molecule has 17 heavy (non-hydrogen) atoms. The summed E-state index contributed by atoms with van der Waals surface area (Å²) >= 11 is 0. The number of rotatable bonds is 7. The van der Waals surface area contributed by atoms with E-state index in [0.29, 0.717) is 0 Å². The summed E-state index contributed by atoms with van der Waals surface area (Å²) in [7, 11) is 2.06. The molecule has 0 spiro atoms. The van der Waals surface area contributed by atoms with Crippen LogP contribution < -0.4 is 5.73 Å². The Morgan fingerprint density at radius 2 is 2.24 bits per heavy atom. The van der Waals surface area contributed by atoms with Crippen LogP contribution >= 0.6 is 0 Å². The van der Waals surface area contributed by atoms with E-state index in [1.54, 1.807) is 6.20 Å². The van der Waals surface area contributed by atoms with Crippen LogP contribution in [0, 0.1) is 0 Å². The average molecular weight is 237 g/mol. The van der Waals surface area contributed by atoms with E-state index in [-0.39, 0.29) is 12.1 Å². The topological polar surface area (TPSA) is 51.4 Å². The molecule has 4 nitrogen and oxygen atoms in total. The minimum Gasteiger partial charge on any atom is -0.380 e. The van der Waals surface area contributed by atoms with E-state index in [0.717, 1.165) is 25.5 Å². The molecule has 0 saturated heterocycles. The van der Waals surface area contributed by atoms with Gasteiger partial charge < -0.3 is 10.5 Å². The summed E-state index contributed by atoms with van der Waals surface area (Å²) in [5.41, 5.74) is 7.07. The molecule has 0 aliphatic heterocycles. The predicted octanol–water partition coefficient (Wildman–Crippen LogP) is 1.44. The molecule has 0 fully saturated rings. The van der Waals surface area contributed by atoms with E-state index in [1.165, 1.54) is 0 Å². The highest BCUT2D eigenvalue weighted by atomic mass is 16.5. The van der Waals surface area contributed by atoms with Crippen LogP contribution in [0.25, 0.3) is 0 Å². The molecule has 0 bridgehead atoms. The maximum atomic E-state index is 6.05. The number of ether oxygens (including phenoxy) is 1. The fourth-order valence-corrected chi connectivity index (χ4v) is 1.94. The first-order valence-electron chi connectivity index (χ1n) is 6.11. The van der Waals surface area contributed by atoms with Gasteiger partial charge in [0, 0.05) is 25.4 Å². The quantitative estimate of drug-likeness (QED) is 0.729. The van der Waals surface area contributed by atoms with Crippen molar-refractivity contribution in [1.29, 1.82) is 0 Å². The molecular formula is C13H23N3O. The Morgan fingerprint density at radius 1 is 1.47 bits per heavy atom. The van der Waals surface area contributed by atoms with Gasteiger partial charge in [-0.05, 0) is 33.0 Å². The summed E-state index contributed by atoms with van der Waals surface area (Å²) in [5, 5.41) is 0. The SMILES string of the molecule is CCOCCN(C)C(c1ccccn1)C(C)N. The van der Waals surface area contributed by atoms with Crippen molar-refractivity contribution >= 4 is 0 Å². The molecule has 2 atom stereocenters. The Balaban J connectivity index is 2.66. The first-order chi connectivity index (χ1) is 8.16. The van der Waals surface area contributed by atoms with Crippen LogP contribution in [0.1, 0.15) is 25.6 Å². The van der Waals surface area contributed by atoms with Gasteiger partial charge in [0.2, 0.25) is 0 Å². The minimum atomic E-state index is 0.0385. The van der Waals surface area contributed by atoms with Crippen LogP contribution in [-0.4, -0.2) is 42.7 Å². The van der Waals surface area contributed by atoms with Crippen LogP contribution in [-0.2, 0) is 4.74 Å². The second-order valence-electron chi connectivity index (χ2n) is 4.24. The van der Waals surface area contributed by atoms with Crippen LogP contribution in [0.4, 0.5) is 0 Å². The van der Waals surface area contributed by atoms with Gasteiger partial charge in [0.05, 0.1) is 18.3 Å². The third kappa shape index (κ3) is 4.42. The van der Waals surface area contributed by atoms with Gasteiger partial charge in [0.1, 0.15) is 0 Å². The lowest BCUT2D eigenvalue weighted by Gasteiger charge is -2.30. The molecule has 0 saturated carbocycles. The van der Waals surface area contributed by atoms with Gasteiger partial charge in [-0.15, -0.1) is 0 Å². The second kappa shape index (κ2) is 7.37. The van der Waals surface area contributed by atoms with Crippen LogP contribution in [0.5, 0.6) is 0 Å². The van der Waals surface area contributed by atoms with E-state index in [2.05, 4.69) is 16.9 Å². The van der Waals surface area contributed by atoms with Crippen LogP contribution in [0.2, 0.25) is 0 Å². The van der Waals surface area contributed by atoms with Crippen molar-refractivity contribution in [2.75, 3.05) is 26.8 Å².